The van der Waals surface area contributed by atoms with Crippen molar-refractivity contribution in [1.82, 2.24) is 10.2 Å². The summed E-state index contributed by atoms with van der Waals surface area (Å²) in [5, 5.41) is 2.68. The molecular formula is C25H30N2O5. The van der Waals surface area contributed by atoms with Gasteiger partial charge in [-0.3, -0.25) is 14.4 Å². The normalized spacial score (nSPS) is 14.0. The van der Waals surface area contributed by atoms with E-state index in [0.717, 1.165) is 0 Å². The van der Waals surface area contributed by atoms with E-state index in [0.29, 0.717) is 61.8 Å². The second-order valence-electron chi connectivity index (χ2n) is 7.60. The van der Waals surface area contributed by atoms with Gasteiger partial charge >= 0.3 is 0 Å². The van der Waals surface area contributed by atoms with Gasteiger partial charge in [0.1, 0.15) is 0 Å². The summed E-state index contributed by atoms with van der Waals surface area (Å²) in [6.45, 7) is 5.61. The predicted octanol–water partition coefficient (Wildman–Crippen LogP) is 3.34. The number of likely N-dealkylation sites (tertiary alicyclic amines) is 1. The van der Waals surface area contributed by atoms with Crippen molar-refractivity contribution < 1.29 is 23.9 Å². The Morgan fingerprint density at radius 1 is 0.906 bits per heavy atom. The SMILES string of the molecule is CCOc1ccc(C(=O)NCC(=O)N2CCC(C(=O)c3ccccc3)CC2)cc1OCC. The molecule has 3 rings (SSSR count). The van der Waals surface area contributed by atoms with Crippen LogP contribution in [0.5, 0.6) is 11.5 Å². The average Bonchev–Trinajstić information content (AvgIpc) is 2.84. The third kappa shape index (κ3) is 5.87. The number of ether oxygens (including phenoxy) is 2. The molecule has 0 unspecified atom stereocenters. The molecule has 0 atom stereocenters. The fourth-order valence-electron chi connectivity index (χ4n) is 3.79. The van der Waals surface area contributed by atoms with E-state index in [2.05, 4.69) is 5.32 Å². The first-order chi connectivity index (χ1) is 15.5. The maximum Gasteiger partial charge on any atom is 0.251 e. The van der Waals surface area contributed by atoms with Crippen molar-refractivity contribution in [2.24, 2.45) is 5.92 Å². The number of hydrogen-bond donors (Lipinski definition) is 1. The number of nitrogens with zero attached hydrogens (tertiary/aromatic N) is 1. The third-order valence-corrected chi connectivity index (χ3v) is 5.48. The number of piperidine rings is 1. The number of hydrogen-bond acceptors (Lipinski definition) is 5. The molecule has 1 fully saturated rings. The van der Waals surface area contributed by atoms with Gasteiger partial charge in [-0.05, 0) is 44.9 Å². The molecule has 0 aliphatic carbocycles. The van der Waals surface area contributed by atoms with Crippen LogP contribution in [0.4, 0.5) is 0 Å². The van der Waals surface area contributed by atoms with Crippen LogP contribution in [0, 0.1) is 5.92 Å². The molecule has 170 valence electrons. The van der Waals surface area contributed by atoms with Crippen LogP contribution >= 0.6 is 0 Å². The lowest BCUT2D eigenvalue weighted by Gasteiger charge is -2.31. The molecule has 1 heterocycles. The first-order valence-corrected chi connectivity index (χ1v) is 11.1. The minimum absolute atomic E-state index is 0.0723. The largest absolute Gasteiger partial charge is 0.490 e. The first-order valence-electron chi connectivity index (χ1n) is 11.1. The lowest BCUT2D eigenvalue weighted by molar-refractivity contribution is -0.131. The highest BCUT2D eigenvalue weighted by atomic mass is 16.5. The van der Waals surface area contributed by atoms with Crippen LogP contribution in [0.15, 0.2) is 48.5 Å². The molecule has 1 aliphatic rings. The summed E-state index contributed by atoms with van der Waals surface area (Å²) in [6.07, 6.45) is 1.26. The summed E-state index contributed by atoms with van der Waals surface area (Å²) in [5.74, 6) is 0.633. The molecule has 2 amide bonds. The van der Waals surface area contributed by atoms with Gasteiger partial charge in [0.25, 0.3) is 5.91 Å². The van der Waals surface area contributed by atoms with Gasteiger partial charge in [0.05, 0.1) is 19.8 Å². The zero-order valence-electron chi connectivity index (χ0n) is 18.6. The molecular weight excluding hydrogens is 408 g/mol. The molecule has 1 aliphatic heterocycles. The van der Waals surface area contributed by atoms with Crippen molar-refractivity contribution in [3.63, 3.8) is 0 Å². The number of ketones is 1. The monoisotopic (exact) mass is 438 g/mol. The van der Waals surface area contributed by atoms with Crippen LogP contribution in [-0.2, 0) is 4.79 Å². The van der Waals surface area contributed by atoms with Gasteiger partial charge in [-0.25, -0.2) is 0 Å². The van der Waals surface area contributed by atoms with E-state index in [-0.39, 0.29) is 30.1 Å². The number of Topliss-reactive ketones (excluding diaryl/α,β-unsaturated/α-hetero) is 1. The van der Waals surface area contributed by atoms with E-state index in [4.69, 9.17) is 9.47 Å². The van der Waals surface area contributed by atoms with Gasteiger partial charge in [0, 0.05) is 30.1 Å². The molecule has 32 heavy (non-hydrogen) atoms. The standard InChI is InChI=1S/C25H30N2O5/c1-3-31-21-11-10-20(16-22(21)32-4-2)25(30)26-17-23(28)27-14-12-19(13-15-27)24(29)18-8-6-5-7-9-18/h5-11,16,19H,3-4,12-15,17H2,1-2H3,(H,26,30). The Morgan fingerprint density at radius 3 is 2.22 bits per heavy atom. The van der Waals surface area contributed by atoms with Crippen molar-refractivity contribution in [3.8, 4) is 11.5 Å². The van der Waals surface area contributed by atoms with Crippen molar-refractivity contribution in [2.75, 3.05) is 32.8 Å². The molecule has 0 radical (unpaired) electrons. The van der Waals surface area contributed by atoms with Gasteiger partial charge in [-0.1, -0.05) is 30.3 Å². The highest BCUT2D eigenvalue weighted by molar-refractivity contribution is 5.98. The highest BCUT2D eigenvalue weighted by Crippen LogP contribution is 2.28. The molecule has 2 aromatic carbocycles. The fraction of sp³-hybridized carbons (Fsp3) is 0.400. The Balaban J connectivity index is 1.50. The van der Waals surface area contributed by atoms with Gasteiger partial charge < -0.3 is 19.7 Å². The van der Waals surface area contributed by atoms with Crippen LogP contribution in [0.1, 0.15) is 47.4 Å². The minimum atomic E-state index is -0.350. The average molecular weight is 439 g/mol. The van der Waals surface area contributed by atoms with E-state index in [1.165, 1.54) is 0 Å². The molecule has 0 saturated carbocycles. The van der Waals surface area contributed by atoms with Gasteiger partial charge in [-0.2, -0.15) is 0 Å². The molecule has 0 spiro atoms. The smallest absolute Gasteiger partial charge is 0.251 e. The van der Waals surface area contributed by atoms with Crippen molar-refractivity contribution >= 4 is 17.6 Å². The summed E-state index contributed by atoms with van der Waals surface area (Å²) in [6, 6.07) is 14.2. The number of amides is 2. The molecule has 1 N–H and O–H groups in total. The maximum atomic E-state index is 12.6. The molecule has 0 bridgehead atoms. The summed E-state index contributed by atoms with van der Waals surface area (Å²) in [5.41, 5.74) is 1.11. The van der Waals surface area contributed by atoms with Crippen LogP contribution in [0.2, 0.25) is 0 Å². The van der Waals surface area contributed by atoms with Crippen LogP contribution in [0.25, 0.3) is 0 Å². The van der Waals surface area contributed by atoms with Crippen molar-refractivity contribution in [2.45, 2.75) is 26.7 Å². The van der Waals surface area contributed by atoms with Crippen molar-refractivity contribution in [1.29, 1.82) is 0 Å². The van der Waals surface area contributed by atoms with E-state index in [1.54, 1.807) is 23.1 Å². The zero-order valence-corrected chi connectivity index (χ0v) is 18.6. The second kappa shape index (κ2) is 11.3. The first kappa shape index (κ1) is 23.3. The van der Waals surface area contributed by atoms with Gasteiger partial charge in [0.15, 0.2) is 17.3 Å². The Bertz CT molecular complexity index is 937. The lowest BCUT2D eigenvalue weighted by Crippen LogP contribution is -2.45. The quantitative estimate of drug-likeness (QED) is 0.607. The predicted molar refractivity (Wildman–Crippen MR) is 121 cm³/mol. The summed E-state index contributed by atoms with van der Waals surface area (Å²) < 4.78 is 11.1. The van der Waals surface area contributed by atoms with Crippen LogP contribution < -0.4 is 14.8 Å². The Morgan fingerprint density at radius 2 is 1.56 bits per heavy atom. The fourth-order valence-corrected chi connectivity index (χ4v) is 3.79. The Labute approximate surface area is 188 Å². The van der Waals surface area contributed by atoms with Crippen LogP contribution in [-0.4, -0.2) is 55.3 Å². The highest BCUT2D eigenvalue weighted by Gasteiger charge is 2.28. The zero-order chi connectivity index (χ0) is 22.9. The van der Waals surface area contributed by atoms with E-state index < -0.39 is 0 Å². The molecule has 0 aromatic heterocycles. The molecule has 2 aromatic rings. The summed E-state index contributed by atoms with van der Waals surface area (Å²) >= 11 is 0. The molecule has 7 heteroatoms. The minimum Gasteiger partial charge on any atom is -0.490 e. The van der Waals surface area contributed by atoms with E-state index >= 15 is 0 Å². The number of rotatable bonds is 9. The summed E-state index contributed by atoms with van der Waals surface area (Å²) in [4.78, 5) is 39.4. The number of nitrogens with one attached hydrogen (secondary N) is 1. The number of carbonyl (C=O) groups is 3. The van der Waals surface area contributed by atoms with Crippen molar-refractivity contribution in [3.05, 3.63) is 59.7 Å². The molecule has 7 nitrogen and oxygen atoms in total. The maximum absolute atomic E-state index is 12.6. The lowest BCUT2D eigenvalue weighted by atomic mass is 9.89. The number of benzene rings is 2. The van der Waals surface area contributed by atoms with Gasteiger partial charge in [-0.15, -0.1) is 0 Å². The Kier molecular flexibility index (Phi) is 8.25. The van der Waals surface area contributed by atoms with Crippen LogP contribution in [0.3, 0.4) is 0 Å². The summed E-state index contributed by atoms with van der Waals surface area (Å²) in [7, 11) is 0. The molecule has 1 saturated heterocycles. The van der Waals surface area contributed by atoms with E-state index in [9.17, 15) is 14.4 Å². The number of carbonyl (C=O) groups excluding carboxylic acids is 3. The van der Waals surface area contributed by atoms with Gasteiger partial charge in [0.2, 0.25) is 5.91 Å². The Hall–Kier alpha value is -3.35. The van der Waals surface area contributed by atoms with E-state index in [1.807, 2.05) is 44.2 Å². The topological polar surface area (TPSA) is 84.9 Å². The third-order valence-electron chi connectivity index (χ3n) is 5.48. The second-order valence-corrected chi connectivity index (χ2v) is 7.60.